The number of ether oxygens (including phenoxy) is 5. The number of carbonyl (C=O) groups is 4. The van der Waals surface area contributed by atoms with E-state index >= 15 is 0 Å². The molecule has 2 aliphatic carbocycles. The molecule has 25 nitrogen and oxygen atoms in total. The lowest BCUT2D eigenvalue weighted by Crippen LogP contribution is -2.70. The summed E-state index contributed by atoms with van der Waals surface area (Å²) in [5.41, 5.74) is 27.3. The summed E-state index contributed by atoms with van der Waals surface area (Å²) >= 11 is 0. The van der Waals surface area contributed by atoms with Crippen LogP contribution in [0.5, 0.6) is 0 Å². The van der Waals surface area contributed by atoms with E-state index in [-0.39, 0.29) is 63.5 Å². The summed E-state index contributed by atoms with van der Waals surface area (Å²) in [5, 5.41) is 54.6. The standard InChI is InChI=1S/C47H66N10O15/c1-21-19-57(46(66)56-41(21)63)44-37(62)39(69-22(2)58)40(71-44)43(65)55-30(13-7-8-14-54-47(67)68-20-27-25-11-5-3-9-23(25)24-10-4-6-12-26(24)27)42(64)53-16-15-52-33-34(59)28(49)17-29(50)38(33)72-45-32(51)36(61)35(60)31(18-48)70-45/h3-6,9-12,19,27-40,44-45,52,59-62H,7-8,13-18,20,48-51H2,1-2H3,(H,53,64)(H,54,67)(H,55,65)(H,56,63,66)/t28-,29+,30+,31-,32-,33+,34+,35-,36-,37-,38-,39+,40+,44-,45-/m1/s1. The molecule has 3 amide bonds. The molecule has 394 valence electrons. The maximum Gasteiger partial charge on any atom is 0.407 e. The number of hydrogen-bond donors (Lipinski definition) is 13. The average molecular weight is 1010 g/mol. The highest BCUT2D eigenvalue weighted by molar-refractivity contribution is 5.90. The van der Waals surface area contributed by atoms with Crippen LogP contribution in [0.15, 0.2) is 64.3 Å². The van der Waals surface area contributed by atoms with Crippen LogP contribution in [0.3, 0.4) is 0 Å². The molecule has 3 aromatic rings. The van der Waals surface area contributed by atoms with Crippen LogP contribution in [0.25, 0.3) is 11.1 Å². The van der Waals surface area contributed by atoms with Crippen LogP contribution in [0, 0.1) is 6.92 Å². The van der Waals surface area contributed by atoms with Gasteiger partial charge in [0.1, 0.15) is 37.1 Å². The summed E-state index contributed by atoms with van der Waals surface area (Å²) in [4.78, 5) is 80.1. The predicted octanol–water partition coefficient (Wildman–Crippen LogP) is -4.16. The van der Waals surface area contributed by atoms with Gasteiger partial charge in [-0.15, -0.1) is 0 Å². The first-order valence-corrected chi connectivity index (χ1v) is 23.9. The molecule has 2 aromatic carbocycles. The van der Waals surface area contributed by atoms with Crippen LogP contribution in [0.4, 0.5) is 4.79 Å². The monoisotopic (exact) mass is 1010 g/mol. The van der Waals surface area contributed by atoms with E-state index in [2.05, 4.69) is 26.3 Å². The summed E-state index contributed by atoms with van der Waals surface area (Å²) in [6.45, 7) is 2.43. The van der Waals surface area contributed by atoms with Crippen LogP contribution in [0.2, 0.25) is 0 Å². The van der Waals surface area contributed by atoms with Crippen molar-refractivity contribution in [3.8, 4) is 11.1 Å². The molecule has 0 radical (unpaired) electrons. The van der Waals surface area contributed by atoms with Gasteiger partial charge in [-0.1, -0.05) is 48.5 Å². The van der Waals surface area contributed by atoms with Crippen molar-refractivity contribution in [3.05, 3.63) is 92.3 Å². The van der Waals surface area contributed by atoms with Gasteiger partial charge in [0.05, 0.1) is 24.3 Å². The molecule has 1 aromatic heterocycles. The number of benzene rings is 2. The van der Waals surface area contributed by atoms with Crippen molar-refractivity contribution in [2.45, 2.75) is 137 Å². The fourth-order valence-corrected chi connectivity index (χ4v) is 9.73. The largest absolute Gasteiger partial charge is 0.456 e. The minimum absolute atomic E-state index is 0.000171. The smallest absolute Gasteiger partial charge is 0.407 e. The number of nitrogens with one attached hydrogen (secondary N) is 5. The minimum atomic E-state index is -1.78. The number of esters is 1. The predicted molar refractivity (Wildman–Crippen MR) is 254 cm³/mol. The number of hydrogen-bond acceptors (Lipinski definition) is 20. The number of aromatic amines is 1. The molecule has 25 heteroatoms. The van der Waals surface area contributed by atoms with Gasteiger partial charge in [-0.25, -0.2) is 9.59 Å². The van der Waals surface area contributed by atoms with E-state index in [1.165, 1.54) is 6.92 Å². The van der Waals surface area contributed by atoms with Crippen LogP contribution in [0.1, 0.15) is 61.4 Å². The number of aliphatic hydroxyl groups excluding tert-OH is 4. The van der Waals surface area contributed by atoms with Crippen molar-refractivity contribution in [2.75, 3.05) is 32.8 Å². The van der Waals surface area contributed by atoms with E-state index in [0.29, 0.717) is 6.42 Å². The Morgan fingerprint density at radius 1 is 0.847 bits per heavy atom. The molecule has 3 heterocycles. The maximum absolute atomic E-state index is 14.1. The van der Waals surface area contributed by atoms with E-state index in [4.69, 9.17) is 46.6 Å². The quantitative estimate of drug-likeness (QED) is 0.0400. The number of carbonyl (C=O) groups excluding carboxylic acids is 4. The number of aryl methyl sites for hydroxylation is 1. The summed E-state index contributed by atoms with van der Waals surface area (Å²) in [6, 6.07) is 10.9. The molecular weight excluding hydrogens is 945 g/mol. The Labute approximate surface area is 413 Å². The maximum atomic E-state index is 14.1. The van der Waals surface area contributed by atoms with Crippen molar-refractivity contribution in [1.82, 2.24) is 30.8 Å². The fourth-order valence-electron chi connectivity index (χ4n) is 9.73. The summed E-state index contributed by atoms with van der Waals surface area (Å²) in [5.74, 6) is -2.71. The SMILES string of the molecule is CC(=O)O[C@H]1[C@@H](O)[C@H](n2cc(C)c(=O)[nH]c2=O)O[C@@H]1C(=O)N[C@@H](CCCCNC(=O)OCC1c2ccccc2-c2ccccc21)C(=O)NCCN[C@H]1[C@@H](O)[C@H](N)C[C@H](N)[C@H]1O[C@H]1O[C@H](CN)[C@@H](O)[C@H](O)[C@H]1N. The van der Waals surface area contributed by atoms with E-state index < -0.39 is 127 Å². The second-order valence-electron chi connectivity index (χ2n) is 18.6. The lowest BCUT2D eigenvalue weighted by atomic mass is 9.82. The first-order chi connectivity index (χ1) is 34.4. The zero-order valence-electron chi connectivity index (χ0n) is 39.8. The fraction of sp³-hybridized carbons (Fsp3) is 0.574. The number of nitrogens with two attached hydrogens (primary N) is 4. The van der Waals surface area contributed by atoms with E-state index in [1.54, 1.807) is 0 Å². The molecule has 7 rings (SSSR count). The number of amides is 3. The summed E-state index contributed by atoms with van der Waals surface area (Å²) in [6.07, 6.45) is -12.9. The topological polar surface area (TPSA) is 402 Å². The molecule has 17 N–H and O–H groups in total. The van der Waals surface area contributed by atoms with Gasteiger partial charge >= 0.3 is 17.8 Å². The Morgan fingerprint density at radius 2 is 1.53 bits per heavy atom. The van der Waals surface area contributed by atoms with Crippen LogP contribution in [-0.4, -0.2) is 172 Å². The lowest BCUT2D eigenvalue weighted by molar-refractivity contribution is -0.279. The van der Waals surface area contributed by atoms with Gasteiger partial charge in [0.2, 0.25) is 5.91 Å². The molecule has 1 saturated carbocycles. The molecular formula is C47H66N10O15. The van der Waals surface area contributed by atoms with Crippen LogP contribution >= 0.6 is 0 Å². The van der Waals surface area contributed by atoms with Gasteiger partial charge in [0, 0.05) is 62.9 Å². The van der Waals surface area contributed by atoms with Gasteiger partial charge in [-0.05, 0) is 54.9 Å². The van der Waals surface area contributed by atoms with Gasteiger partial charge in [-0.3, -0.25) is 28.7 Å². The molecule has 0 spiro atoms. The normalized spacial score (nSPS) is 30.4. The molecule has 2 aliphatic heterocycles. The number of H-pyrrole nitrogens is 1. The Kier molecular flexibility index (Phi) is 18.0. The Hall–Kier alpha value is -5.68. The zero-order chi connectivity index (χ0) is 52.0. The number of aliphatic hydroxyl groups is 4. The van der Waals surface area contributed by atoms with Gasteiger partial charge < -0.3 is 88.3 Å². The van der Waals surface area contributed by atoms with Crippen LogP contribution < -0.4 is 55.5 Å². The van der Waals surface area contributed by atoms with E-state index in [0.717, 1.165) is 39.9 Å². The first kappa shape index (κ1) is 54.1. The second kappa shape index (κ2) is 23.9. The van der Waals surface area contributed by atoms with Gasteiger partial charge in [-0.2, -0.15) is 0 Å². The number of alkyl carbamates (subject to hydrolysis) is 1. The number of nitrogens with zero attached hydrogens (tertiary/aromatic N) is 1. The number of aromatic nitrogens is 2. The highest BCUT2D eigenvalue weighted by Gasteiger charge is 2.52. The molecule has 2 saturated heterocycles. The zero-order valence-corrected chi connectivity index (χ0v) is 39.8. The first-order valence-electron chi connectivity index (χ1n) is 23.9. The molecule has 15 atom stereocenters. The highest BCUT2D eigenvalue weighted by atomic mass is 16.7. The molecule has 72 heavy (non-hydrogen) atoms. The highest BCUT2D eigenvalue weighted by Crippen LogP contribution is 2.44. The number of fused-ring (bicyclic) bond motifs is 3. The Balaban J connectivity index is 0.991. The summed E-state index contributed by atoms with van der Waals surface area (Å²) in [7, 11) is 0. The molecule has 0 unspecified atom stereocenters. The van der Waals surface area contributed by atoms with Crippen LogP contribution in [-0.2, 0) is 38.1 Å². The lowest BCUT2D eigenvalue weighted by Gasteiger charge is -2.47. The third-order valence-corrected chi connectivity index (χ3v) is 13.6. The average Bonchev–Trinajstić information content (AvgIpc) is 3.85. The van der Waals surface area contributed by atoms with E-state index in [9.17, 15) is 49.2 Å². The summed E-state index contributed by atoms with van der Waals surface area (Å²) < 4.78 is 29.5. The van der Waals surface area contributed by atoms with E-state index in [1.807, 2.05) is 48.5 Å². The number of rotatable bonds is 19. The molecule has 0 bridgehead atoms. The Bertz CT molecular complexity index is 2470. The third-order valence-electron chi connectivity index (χ3n) is 13.6. The van der Waals surface area contributed by atoms with Gasteiger partial charge in [0.15, 0.2) is 24.7 Å². The van der Waals surface area contributed by atoms with Gasteiger partial charge in [0.25, 0.3) is 11.5 Å². The second-order valence-corrected chi connectivity index (χ2v) is 18.6. The molecule has 3 fully saturated rings. The number of unbranched alkanes of at least 4 members (excludes halogenated alkanes) is 1. The van der Waals surface area contributed by atoms with Crippen molar-refractivity contribution < 1.29 is 63.3 Å². The van der Waals surface area contributed by atoms with Crippen molar-refractivity contribution in [2.24, 2.45) is 22.9 Å². The Morgan fingerprint density at radius 3 is 2.19 bits per heavy atom. The third kappa shape index (κ3) is 12.0. The van der Waals surface area contributed by atoms with Crippen molar-refractivity contribution in [1.29, 1.82) is 0 Å². The minimum Gasteiger partial charge on any atom is -0.456 e. The molecule has 4 aliphatic rings. The van der Waals surface area contributed by atoms with Crippen molar-refractivity contribution >= 4 is 23.9 Å². The van der Waals surface area contributed by atoms with Crippen molar-refractivity contribution in [3.63, 3.8) is 0 Å².